The van der Waals surface area contributed by atoms with E-state index in [4.69, 9.17) is 29.2 Å². The summed E-state index contributed by atoms with van der Waals surface area (Å²) in [5.41, 5.74) is 8.34. The fourth-order valence-corrected chi connectivity index (χ4v) is 7.17. The Labute approximate surface area is 321 Å². The molecule has 55 heavy (non-hydrogen) atoms. The number of hydrogen-bond donors (Lipinski definition) is 3. The zero-order chi connectivity index (χ0) is 40.0. The third kappa shape index (κ3) is 13.3. The molecule has 1 amide bonds. The van der Waals surface area contributed by atoms with Gasteiger partial charge in [-0.2, -0.15) is 0 Å². The van der Waals surface area contributed by atoms with Gasteiger partial charge in [0.05, 0.1) is 31.7 Å². The van der Waals surface area contributed by atoms with Gasteiger partial charge in [-0.3, -0.25) is 9.36 Å². The van der Waals surface area contributed by atoms with E-state index in [1.165, 1.54) is 13.3 Å². The number of ether oxygens (including phenoxy) is 4. The second-order valence-corrected chi connectivity index (χ2v) is 15.5. The van der Waals surface area contributed by atoms with Crippen molar-refractivity contribution in [2.75, 3.05) is 18.7 Å². The summed E-state index contributed by atoms with van der Waals surface area (Å²) in [6.45, 7) is 11.3. The van der Waals surface area contributed by atoms with Gasteiger partial charge >= 0.3 is 25.6 Å². The van der Waals surface area contributed by atoms with Crippen LogP contribution >= 0.6 is 7.52 Å². The minimum absolute atomic E-state index is 0.0309. The summed E-state index contributed by atoms with van der Waals surface area (Å²) in [7, 11) is -3.92. The lowest BCUT2D eigenvalue weighted by Gasteiger charge is -2.25. The predicted octanol–water partition coefficient (Wildman–Crippen LogP) is 5.79. The highest BCUT2D eigenvalue weighted by molar-refractivity contribution is 7.57. The van der Waals surface area contributed by atoms with Crippen molar-refractivity contribution in [3.8, 4) is 5.75 Å². The highest BCUT2D eigenvalue weighted by Gasteiger charge is 2.32. The number of amides is 1. The van der Waals surface area contributed by atoms with Crippen LogP contribution in [0.5, 0.6) is 5.75 Å². The van der Waals surface area contributed by atoms with E-state index in [0.29, 0.717) is 23.3 Å². The Morgan fingerprint density at radius 2 is 1.60 bits per heavy atom. The fraction of sp³-hybridized carbons (Fsp3) is 0.474. The van der Waals surface area contributed by atoms with Gasteiger partial charge in [-0.05, 0) is 56.9 Å². The molecule has 0 saturated heterocycles. The maximum atomic E-state index is 14.3. The van der Waals surface area contributed by atoms with Crippen molar-refractivity contribution in [2.24, 2.45) is 5.92 Å². The highest BCUT2D eigenvalue weighted by atomic mass is 31.2. The minimum Gasteiger partial charge on any atom is -0.464 e. The topological polar surface area (TPSA) is 208 Å². The summed E-state index contributed by atoms with van der Waals surface area (Å²) in [6.07, 6.45) is 2.62. The molecule has 2 aromatic heterocycles. The van der Waals surface area contributed by atoms with Crippen molar-refractivity contribution in [3.63, 3.8) is 0 Å². The maximum absolute atomic E-state index is 14.3. The number of nitrogens with one attached hydrogen (secondary N) is 2. The molecule has 0 unspecified atom stereocenters. The molecule has 0 radical (unpaired) electrons. The van der Waals surface area contributed by atoms with E-state index in [1.54, 1.807) is 55.9 Å². The molecule has 16 nitrogen and oxygen atoms in total. The third-order valence-corrected chi connectivity index (χ3v) is 10.3. The van der Waals surface area contributed by atoms with Crippen LogP contribution in [0.3, 0.4) is 0 Å². The van der Waals surface area contributed by atoms with Crippen molar-refractivity contribution >= 4 is 42.5 Å². The summed E-state index contributed by atoms with van der Waals surface area (Å²) in [5.74, 6) is -0.557. The average Bonchev–Trinajstić information content (AvgIpc) is 3.57. The van der Waals surface area contributed by atoms with Crippen molar-refractivity contribution in [1.29, 1.82) is 0 Å². The van der Waals surface area contributed by atoms with Crippen molar-refractivity contribution in [3.05, 3.63) is 78.4 Å². The minimum atomic E-state index is -3.92. The zero-order valence-electron chi connectivity index (χ0n) is 32.2. The second kappa shape index (κ2) is 20.6. The van der Waals surface area contributed by atoms with Crippen LogP contribution in [0.25, 0.3) is 11.2 Å². The molecule has 0 fully saturated rings. The SMILES string of the molecule is CCC(CC)COC(=O)[C@H](Cc1ccc(O[P@@](=O)(CO[C@H](C)Cn2cnc3c(N)ncnc32)N[C@@H](C)C(=O)OC(C)C)cc1)NC(=O)OCc1ccccc1. The third-order valence-electron chi connectivity index (χ3n) is 8.53. The van der Waals surface area contributed by atoms with E-state index in [2.05, 4.69) is 25.4 Å². The van der Waals surface area contributed by atoms with Crippen LogP contribution in [-0.4, -0.2) is 74.8 Å². The molecule has 4 atom stereocenters. The summed E-state index contributed by atoms with van der Waals surface area (Å²) in [6, 6.07) is 13.6. The number of rotatable bonds is 21. The molecule has 4 aromatic rings. The number of nitrogens with two attached hydrogens (primary N) is 1. The van der Waals surface area contributed by atoms with Crippen LogP contribution in [0, 0.1) is 5.92 Å². The first-order valence-corrected chi connectivity index (χ1v) is 20.1. The molecule has 0 aliphatic carbocycles. The van der Waals surface area contributed by atoms with Crippen molar-refractivity contribution in [2.45, 2.75) is 98.2 Å². The number of fused-ring (bicyclic) bond motifs is 1. The Morgan fingerprint density at radius 3 is 2.27 bits per heavy atom. The van der Waals surface area contributed by atoms with Crippen LogP contribution in [-0.2, 0) is 52.7 Å². The predicted molar refractivity (Wildman–Crippen MR) is 206 cm³/mol. The second-order valence-electron chi connectivity index (χ2n) is 13.5. The lowest BCUT2D eigenvalue weighted by Crippen LogP contribution is -2.44. The van der Waals surface area contributed by atoms with Crippen molar-refractivity contribution < 1.29 is 42.4 Å². The molecule has 2 heterocycles. The standard InChI is InChI=1S/C38H52N7O9P/c1-7-28(8-2)20-50-37(47)32(43-38(48)51-21-30-12-10-9-11-13-30)18-29-14-16-31(17-15-29)54-55(49,44-27(6)36(46)53-25(3)4)24-52-26(5)19-45-23-42-33-34(39)40-22-41-35(33)45/h9-17,22-23,25-28,32H,7-8,18-21,24H2,1-6H3,(H,43,48)(H,44,49)(H2,39,40,41)/t26-,27+,32+,55+/m1/s1. The summed E-state index contributed by atoms with van der Waals surface area (Å²) < 4.78 is 44.4. The highest BCUT2D eigenvalue weighted by Crippen LogP contribution is 2.44. The fourth-order valence-electron chi connectivity index (χ4n) is 5.38. The molecular formula is C38H52N7O9P. The zero-order valence-corrected chi connectivity index (χ0v) is 33.1. The molecule has 4 rings (SSSR count). The lowest BCUT2D eigenvalue weighted by molar-refractivity contribution is -0.149. The van der Waals surface area contributed by atoms with E-state index in [1.807, 2.05) is 44.2 Å². The molecule has 0 aliphatic rings. The van der Waals surface area contributed by atoms with Gasteiger partial charge in [0.25, 0.3) is 0 Å². The number of carbonyl (C=O) groups is 3. The molecule has 0 saturated carbocycles. The molecule has 0 bridgehead atoms. The number of alkyl carbamates (subject to hydrolysis) is 1. The van der Waals surface area contributed by atoms with Crippen LogP contribution in [0.2, 0.25) is 0 Å². The first kappa shape index (κ1) is 42.7. The number of benzene rings is 2. The summed E-state index contributed by atoms with van der Waals surface area (Å²) in [4.78, 5) is 51.2. The molecule has 17 heteroatoms. The Balaban J connectivity index is 1.46. The van der Waals surface area contributed by atoms with E-state index in [9.17, 15) is 18.9 Å². The molecular weight excluding hydrogens is 729 g/mol. The number of nitrogen functional groups attached to an aromatic ring is 1. The van der Waals surface area contributed by atoms with Gasteiger partial charge in [0.1, 0.15) is 42.6 Å². The molecule has 0 spiro atoms. The Morgan fingerprint density at radius 1 is 0.891 bits per heavy atom. The van der Waals surface area contributed by atoms with E-state index in [-0.39, 0.29) is 43.2 Å². The number of aromatic nitrogens is 4. The average molecular weight is 782 g/mol. The normalized spacial score (nSPS) is 14.2. The Kier molecular flexibility index (Phi) is 16.0. The van der Waals surface area contributed by atoms with Crippen LogP contribution in [0.4, 0.5) is 10.6 Å². The Hall–Kier alpha value is -5.05. The van der Waals surface area contributed by atoms with Gasteiger partial charge in [0, 0.05) is 6.42 Å². The number of anilines is 1. The van der Waals surface area contributed by atoms with Crippen LogP contribution in [0.1, 0.15) is 65.5 Å². The smallest absolute Gasteiger partial charge is 0.408 e. The van der Waals surface area contributed by atoms with Gasteiger partial charge in [-0.15, -0.1) is 0 Å². The van der Waals surface area contributed by atoms with Crippen molar-refractivity contribution in [1.82, 2.24) is 29.9 Å². The molecule has 4 N–H and O–H groups in total. The van der Waals surface area contributed by atoms with E-state index < -0.39 is 50.1 Å². The van der Waals surface area contributed by atoms with Gasteiger partial charge in [0.15, 0.2) is 11.5 Å². The van der Waals surface area contributed by atoms with E-state index in [0.717, 1.165) is 18.4 Å². The first-order valence-electron chi connectivity index (χ1n) is 18.3. The van der Waals surface area contributed by atoms with Gasteiger partial charge in [0.2, 0.25) is 0 Å². The summed E-state index contributed by atoms with van der Waals surface area (Å²) in [5, 5.41) is 5.44. The quantitative estimate of drug-likeness (QED) is 0.0520. The number of nitrogens with zero attached hydrogens (tertiary/aromatic N) is 4. The van der Waals surface area contributed by atoms with Crippen LogP contribution < -0.4 is 20.7 Å². The molecule has 0 aliphatic heterocycles. The molecule has 298 valence electrons. The number of esters is 2. The summed E-state index contributed by atoms with van der Waals surface area (Å²) >= 11 is 0. The Bertz CT molecular complexity index is 1890. The van der Waals surface area contributed by atoms with Gasteiger partial charge in [-0.1, -0.05) is 69.2 Å². The maximum Gasteiger partial charge on any atom is 0.408 e. The van der Waals surface area contributed by atoms with Gasteiger partial charge < -0.3 is 39.1 Å². The number of hydrogen-bond acceptors (Lipinski definition) is 13. The van der Waals surface area contributed by atoms with Gasteiger partial charge in [-0.25, -0.2) is 29.6 Å². The first-order chi connectivity index (χ1) is 26.3. The molecule has 2 aromatic carbocycles. The number of imidazole rings is 1. The van der Waals surface area contributed by atoms with Crippen LogP contribution in [0.15, 0.2) is 67.3 Å². The lowest BCUT2D eigenvalue weighted by atomic mass is 10.0. The number of carbonyl (C=O) groups excluding carboxylic acids is 3. The monoisotopic (exact) mass is 781 g/mol. The van der Waals surface area contributed by atoms with E-state index >= 15 is 0 Å². The largest absolute Gasteiger partial charge is 0.464 e.